The first kappa shape index (κ1) is 34.8. The van der Waals surface area contributed by atoms with Gasteiger partial charge in [0.15, 0.2) is 0 Å². The molecule has 0 aromatic heterocycles. The number of hydrogen-bond acceptors (Lipinski definition) is 0. The van der Waals surface area contributed by atoms with Gasteiger partial charge in [-0.2, -0.15) is 0 Å². The number of hydrogen-bond donors (Lipinski definition) is 0. The van der Waals surface area contributed by atoms with Crippen molar-refractivity contribution in [2.24, 2.45) is 0 Å². The van der Waals surface area contributed by atoms with Gasteiger partial charge in [0.25, 0.3) is 0 Å². The van der Waals surface area contributed by atoms with Gasteiger partial charge in [-0.3, -0.25) is 0 Å². The van der Waals surface area contributed by atoms with Crippen molar-refractivity contribution >= 4 is 16.7 Å². The summed E-state index contributed by atoms with van der Waals surface area (Å²) in [6.07, 6.45) is 23.6. The van der Waals surface area contributed by atoms with Crippen LogP contribution in [0, 0.1) is 13.8 Å². The van der Waals surface area contributed by atoms with E-state index in [-0.39, 0.29) is 10.8 Å². The van der Waals surface area contributed by atoms with Crippen molar-refractivity contribution in [2.45, 2.75) is 95.8 Å². The minimum atomic E-state index is -0.229. The fourth-order valence-electron chi connectivity index (χ4n) is 12.0. The van der Waals surface area contributed by atoms with E-state index in [1.807, 2.05) is 0 Å². The lowest BCUT2D eigenvalue weighted by Gasteiger charge is -2.34. The van der Waals surface area contributed by atoms with E-state index in [9.17, 15) is 0 Å². The van der Waals surface area contributed by atoms with Gasteiger partial charge in [-0.1, -0.05) is 153 Å². The van der Waals surface area contributed by atoms with Gasteiger partial charge >= 0.3 is 0 Å². The molecule has 0 bridgehead atoms. The van der Waals surface area contributed by atoms with E-state index < -0.39 is 0 Å². The molecule has 5 aromatic rings. The van der Waals surface area contributed by atoms with Crippen molar-refractivity contribution in [2.75, 3.05) is 0 Å². The molecule has 6 aliphatic rings. The lowest BCUT2D eigenvalue weighted by Crippen LogP contribution is -2.28. The number of fused-ring (bicyclic) bond motifs is 11. The van der Waals surface area contributed by atoms with Crippen LogP contribution in [0.5, 0.6) is 0 Å². The molecular formula is C57H52. The number of aryl methyl sites for hydroxylation is 2. The second-order valence-electron chi connectivity index (χ2n) is 18.2. The summed E-state index contributed by atoms with van der Waals surface area (Å²) in [5.74, 6) is 0.330. The van der Waals surface area contributed by atoms with Crippen molar-refractivity contribution in [3.8, 4) is 11.1 Å². The van der Waals surface area contributed by atoms with Crippen LogP contribution in [0.3, 0.4) is 0 Å². The maximum atomic E-state index is 2.65. The molecule has 57 heavy (non-hydrogen) atoms. The average Bonchev–Trinajstić information content (AvgIpc) is 3.79. The van der Waals surface area contributed by atoms with E-state index in [1.165, 1.54) is 94.6 Å². The third-order valence-corrected chi connectivity index (χ3v) is 14.6. The van der Waals surface area contributed by atoms with Crippen LogP contribution >= 0.6 is 0 Å². The van der Waals surface area contributed by atoms with Gasteiger partial charge in [0.2, 0.25) is 0 Å². The summed E-state index contributed by atoms with van der Waals surface area (Å²) in [6.45, 7) is 9.42. The standard InChI is InChI=1S/C57H52/c1-36-15-5-6-16-42(36)43-30-27-40(31-37(43)2)41(32-38-25-28-48-44-17-7-11-21-50(44)56(3,4)54(48)34-38)33-39-26-29-49-47-20-10-14-24-53(47)57(55(49)35-39)51-22-12-8-18-45(51)46-19-9-13-23-52(46)57/h5-6,8,12-18,21-31,34-35,41H,7,9-11,19-20,32-33H2,1-4H3. The zero-order valence-electron chi connectivity index (χ0n) is 34.0. The molecule has 2 unspecified atom stereocenters. The molecule has 0 saturated carbocycles. The first-order chi connectivity index (χ1) is 27.8. The minimum Gasteiger partial charge on any atom is -0.0839 e. The van der Waals surface area contributed by atoms with Crippen LogP contribution in [-0.2, 0) is 23.7 Å². The molecule has 11 rings (SSSR count). The van der Waals surface area contributed by atoms with E-state index in [0.717, 1.165) is 51.4 Å². The van der Waals surface area contributed by atoms with E-state index in [2.05, 4.69) is 167 Å². The highest BCUT2D eigenvalue weighted by Crippen LogP contribution is 2.64. The average molecular weight is 737 g/mol. The normalized spacial score (nSPS) is 21.1. The third-order valence-electron chi connectivity index (χ3n) is 14.6. The third kappa shape index (κ3) is 5.12. The highest BCUT2D eigenvalue weighted by molar-refractivity contribution is 5.97. The lowest BCUT2D eigenvalue weighted by atomic mass is 9.67. The number of benzene rings is 5. The Balaban J connectivity index is 1.03. The van der Waals surface area contributed by atoms with Crippen molar-refractivity contribution in [1.82, 2.24) is 0 Å². The topological polar surface area (TPSA) is 0 Å². The predicted octanol–water partition coefficient (Wildman–Crippen LogP) is 14.5. The lowest BCUT2D eigenvalue weighted by molar-refractivity contribution is 0.647. The summed E-state index contributed by atoms with van der Waals surface area (Å²) in [5, 5.41) is 0. The van der Waals surface area contributed by atoms with Crippen LogP contribution in [0.4, 0.5) is 0 Å². The molecule has 0 fully saturated rings. The van der Waals surface area contributed by atoms with Crippen molar-refractivity contribution in [3.63, 3.8) is 0 Å². The predicted molar refractivity (Wildman–Crippen MR) is 241 cm³/mol. The second kappa shape index (κ2) is 13.0. The van der Waals surface area contributed by atoms with Gasteiger partial charge in [-0.15, -0.1) is 0 Å². The summed E-state index contributed by atoms with van der Waals surface area (Å²) in [4.78, 5) is 0. The molecule has 0 amide bonds. The zero-order chi connectivity index (χ0) is 38.5. The SMILES string of the molecule is Cc1ccccc1-c1ccc(C(Cc2ccc3c(c2)C(C)(C)C2=CCCC=C23)Cc2ccc3c(c2)C2(C4=C(CCC=C4)c4ccccc42)C2=C3CCC=C2)cc1C. The molecule has 1 spiro atoms. The fourth-order valence-corrected chi connectivity index (χ4v) is 12.0. The first-order valence-electron chi connectivity index (χ1n) is 21.6. The van der Waals surface area contributed by atoms with E-state index in [4.69, 9.17) is 0 Å². The van der Waals surface area contributed by atoms with Crippen molar-refractivity contribution in [1.29, 1.82) is 0 Å². The molecule has 0 heteroatoms. The molecule has 0 nitrogen and oxygen atoms in total. The molecule has 2 atom stereocenters. The summed E-state index contributed by atoms with van der Waals surface area (Å²) >= 11 is 0. The Morgan fingerprint density at radius 1 is 0.526 bits per heavy atom. The van der Waals surface area contributed by atoms with Gasteiger partial charge in [-0.05, 0) is 177 Å². The minimum absolute atomic E-state index is 0.0341. The molecule has 0 N–H and O–H groups in total. The van der Waals surface area contributed by atoms with Crippen LogP contribution < -0.4 is 0 Å². The van der Waals surface area contributed by atoms with Crippen LogP contribution in [-0.4, -0.2) is 0 Å². The molecule has 6 aliphatic carbocycles. The molecule has 0 saturated heterocycles. The summed E-state index contributed by atoms with van der Waals surface area (Å²) in [7, 11) is 0. The quantitative estimate of drug-likeness (QED) is 0.163. The maximum absolute atomic E-state index is 2.65. The maximum Gasteiger partial charge on any atom is 0.0718 e. The number of allylic oxidation sites excluding steroid dienone is 12. The van der Waals surface area contributed by atoms with Gasteiger partial charge < -0.3 is 0 Å². The van der Waals surface area contributed by atoms with Gasteiger partial charge in [0.1, 0.15) is 0 Å². The Kier molecular flexibility index (Phi) is 7.95. The Bertz CT molecular complexity index is 2720. The van der Waals surface area contributed by atoms with Crippen LogP contribution in [0.1, 0.15) is 119 Å². The first-order valence-corrected chi connectivity index (χ1v) is 21.6. The van der Waals surface area contributed by atoms with Crippen LogP contribution in [0.2, 0.25) is 0 Å². The van der Waals surface area contributed by atoms with E-state index in [1.54, 1.807) is 11.1 Å². The number of rotatable bonds is 6. The van der Waals surface area contributed by atoms with Crippen molar-refractivity contribution < 1.29 is 0 Å². The molecule has 0 radical (unpaired) electrons. The largest absolute Gasteiger partial charge is 0.0839 e. The summed E-state index contributed by atoms with van der Waals surface area (Å²) in [6, 6.07) is 40.6. The van der Waals surface area contributed by atoms with Gasteiger partial charge in [0, 0.05) is 5.41 Å². The van der Waals surface area contributed by atoms with Crippen LogP contribution in [0.25, 0.3) is 27.8 Å². The highest BCUT2D eigenvalue weighted by atomic mass is 14.5. The fraction of sp³-hybridized carbons (Fsp3) is 0.263. The van der Waals surface area contributed by atoms with Crippen molar-refractivity contribution in [3.05, 3.63) is 218 Å². The van der Waals surface area contributed by atoms with E-state index in [0.29, 0.717) is 5.92 Å². The Hall–Kier alpha value is -5.46. The molecule has 5 aromatic carbocycles. The Morgan fingerprint density at radius 3 is 1.84 bits per heavy atom. The molecule has 0 aliphatic heterocycles. The highest BCUT2D eigenvalue weighted by Gasteiger charge is 2.53. The van der Waals surface area contributed by atoms with Crippen LogP contribution in [0.15, 0.2) is 156 Å². The summed E-state index contributed by atoms with van der Waals surface area (Å²) in [5.41, 5.74) is 27.5. The Morgan fingerprint density at radius 2 is 1.12 bits per heavy atom. The second-order valence-corrected chi connectivity index (χ2v) is 18.2. The monoisotopic (exact) mass is 736 g/mol. The van der Waals surface area contributed by atoms with Gasteiger partial charge in [0.05, 0.1) is 5.41 Å². The molecule has 0 heterocycles. The molecular weight excluding hydrogens is 685 g/mol. The molecule has 280 valence electrons. The van der Waals surface area contributed by atoms with Gasteiger partial charge in [-0.25, -0.2) is 0 Å². The zero-order valence-corrected chi connectivity index (χ0v) is 34.0. The summed E-state index contributed by atoms with van der Waals surface area (Å²) < 4.78 is 0. The Labute approximate surface area is 339 Å². The smallest absolute Gasteiger partial charge is 0.0718 e. The van der Waals surface area contributed by atoms with E-state index >= 15 is 0 Å².